The van der Waals surface area contributed by atoms with E-state index in [1.54, 1.807) is 0 Å². The summed E-state index contributed by atoms with van der Waals surface area (Å²) in [6.07, 6.45) is 6.11. The van der Waals surface area contributed by atoms with Gasteiger partial charge in [-0.15, -0.1) is 0 Å². The van der Waals surface area contributed by atoms with Crippen molar-refractivity contribution < 1.29 is 0 Å². The summed E-state index contributed by atoms with van der Waals surface area (Å²) in [7, 11) is 0. The molecule has 2 aromatic heterocycles. The first-order valence-corrected chi connectivity index (χ1v) is 10.5. The summed E-state index contributed by atoms with van der Waals surface area (Å²) >= 11 is 0. The molecule has 1 saturated heterocycles. The van der Waals surface area contributed by atoms with Crippen LogP contribution in [0.4, 0.5) is 11.6 Å². The molecule has 1 fully saturated rings. The first-order chi connectivity index (χ1) is 13.8. The van der Waals surface area contributed by atoms with Crippen molar-refractivity contribution in [2.24, 2.45) is 0 Å². The van der Waals surface area contributed by atoms with E-state index in [9.17, 15) is 0 Å². The molecule has 6 heteroatoms. The van der Waals surface area contributed by atoms with Crippen LogP contribution >= 0.6 is 0 Å². The van der Waals surface area contributed by atoms with Crippen molar-refractivity contribution in [3.8, 4) is 0 Å². The quantitative estimate of drug-likeness (QED) is 0.732. The smallest absolute Gasteiger partial charge is 0.185 e. The predicted molar refractivity (Wildman–Crippen MR) is 113 cm³/mol. The summed E-state index contributed by atoms with van der Waals surface area (Å²) in [6, 6.07) is 10.7. The SMILES string of the molecule is Nc1[nH]nc2nc(N3CCCCCC3)c3c(c12)CCN(Cc1ccccc1)C3. The molecule has 28 heavy (non-hydrogen) atoms. The lowest BCUT2D eigenvalue weighted by Crippen LogP contribution is -2.34. The van der Waals surface area contributed by atoms with E-state index in [1.807, 2.05) is 0 Å². The van der Waals surface area contributed by atoms with Crippen LogP contribution < -0.4 is 10.6 Å². The number of aromatic nitrogens is 3. The average molecular weight is 377 g/mol. The van der Waals surface area contributed by atoms with Crippen molar-refractivity contribution in [3.05, 3.63) is 47.0 Å². The van der Waals surface area contributed by atoms with E-state index in [-0.39, 0.29) is 0 Å². The van der Waals surface area contributed by atoms with Crippen LogP contribution in [0, 0.1) is 0 Å². The fourth-order valence-electron chi connectivity index (χ4n) is 4.71. The summed E-state index contributed by atoms with van der Waals surface area (Å²) < 4.78 is 0. The molecule has 1 aromatic carbocycles. The van der Waals surface area contributed by atoms with E-state index >= 15 is 0 Å². The molecule has 2 aliphatic rings. The second-order valence-corrected chi connectivity index (χ2v) is 8.08. The van der Waals surface area contributed by atoms with Crippen LogP contribution in [-0.2, 0) is 19.5 Å². The standard InChI is InChI=1S/C22H28N6/c23-20-19-17-10-13-27(14-16-8-4-3-5-9-16)15-18(17)22(24-21(19)26-25-20)28-11-6-1-2-7-12-28/h3-5,8-9H,1-2,6-7,10-15H2,(H3,23,24,25,26). The second-order valence-electron chi connectivity index (χ2n) is 8.08. The highest BCUT2D eigenvalue weighted by molar-refractivity contribution is 5.92. The maximum atomic E-state index is 6.23. The Kier molecular flexibility index (Phi) is 4.64. The maximum Gasteiger partial charge on any atom is 0.185 e. The molecule has 2 aliphatic heterocycles. The Hall–Kier alpha value is -2.60. The molecule has 146 valence electrons. The van der Waals surface area contributed by atoms with Gasteiger partial charge >= 0.3 is 0 Å². The van der Waals surface area contributed by atoms with Gasteiger partial charge in [-0.05, 0) is 30.4 Å². The minimum atomic E-state index is 0.651. The Balaban J connectivity index is 1.54. The Bertz CT molecular complexity index is 956. The number of benzene rings is 1. The molecule has 3 N–H and O–H groups in total. The fourth-order valence-corrected chi connectivity index (χ4v) is 4.71. The van der Waals surface area contributed by atoms with Gasteiger partial charge in [0.05, 0.1) is 5.39 Å². The number of H-pyrrole nitrogens is 1. The third-order valence-corrected chi connectivity index (χ3v) is 6.14. The number of fused-ring (bicyclic) bond motifs is 3. The van der Waals surface area contributed by atoms with Gasteiger partial charge in [0.15, 0.2) is 5.65 Å². The normalized spacial score (nSPS) is 18.2. The van der Waals surface area contributed by atoms with Crippen LogP contribution in [-0.4, -0.2) is 39.7 Å². The third kappa shape index (κ3) is 3.22. The number of nitrogens with two attached hydrogens (primary N) is 1. The lowest BCUT2D eigenvalue weighted by molar-refractivity contribution is 0.246. The first-order valence-electron chi connectivity index (χ1n) is 10.5. The molecule has 0 radical (unpaired) electrons. The zero-order chi connectivity index (χ0) is 18.9. The molecule has 0 amide bonds. The van der Waals surface area contributed by atoms with Crippen LogP contribution in [0.2, 0.25) is 0 Å². The molecule has 0 spiro atoms. The van der Waals surface area contributed by atoms with Gasteiger partial charge < -0.3 is 10.6 Å². The second kappa shape index (κ2) is 7.43. The Labute approximate surface area is 165 Å². The largest absolute Gasteiger partial charge is 0.384 e. The highest BCUT2D eigenvalue weighted by Gasteiger charge is 2.27. The monoisotopic (exact) mass is 376 g/mol. The van der Waals surface area contributed by atoms with Gasteiger partial charge in [0.25, 0.3) is 0 Å². The Morgan fingerprint density at radius 2 is 1.75 bits per heavy atom. The van der Waals surface area contributed by atoms with E-state index in [0.29, 0.717) is 5.82 Å². The lowest BCUT2D eigenvalue weighted by Gasteiger charge is -2.33. The number of anilines is 2. The molecule has 0 aliphatic carbocycles. The predicted octanol–water partition coefficient (Wildman–Crippen LogP) is 3.48. The zero-order valence-corrected chi connectivity index (χ0v) is 16.3. The number of pyridine rings is 1. The van der Waals surface area contributed by atoms with Crippen molar-refractivity contribution in [2.45, 2.75) is 45.2 Å². The van der Waals surface area contributed by atoms with Crippen LogP contribution in [0.1, 0.15) is 42.4 Å². The van der Waals surface area contributed by atoms with Gasteiger partial charge in [-0.2, -0.15) is 5.10 Å². The average Bonchev–Trinajstić information content (AvgIpc) is 2.92. The van der Waals surface area contributed by atoms with E-state index in [2.05, 4.69) is 50.3 Å². The Morgan fingerprint density at radius 3 is 2.54 bits per heavy atom. The van der Waals surface area contributed by atoms with Crippen LogP contribution in [0.5, 0.6) is 0 Å². The van der Waals surface area contributed by atoms with E-state index < -0.39 is 0 Å². The summed E-state index contributed by atoms with van der Waals surface area (Å²) in [5, 5.41) is 8.38. The third-order valence-electron chi connectivity index (χ3n) is 6.14. The van der Waals surface area contributed by atoms with Crippen molar-refractivity contribution in [1.29, 1.82) is 0 Å². The molecule has 5 rings (SSSR count). The van der Waals surface area contributed by atoms with E-state index in [1.165, 1.54) is 42.4 Å². The van der Waals surface area contributed by atoms with Crippen molar-refractivity contribution in [2.75, 3.05) is 30.3 Å². The summed E-state index contributed by atoms with van der Waals surface area (Å²) in [5.41, 5.74) is 11.1. The molecule has 0 saturated carbocycles. The minimum Gasteiger partial charge on any atom is -0.384 e. The number of nitrogen functional groups attached to an aromatic ring is 1. The first kappa shape index (κ1) is 17.5. The van der Waals surface area contributed by atoms with Crippen molar-refractivity contribution >= 4 is 22.7 Å². The molecular formula is C22H28N6. The van der Waals surface area contributed by atoms with E-state index in [0.717, 1.165) is 56.0 Å². The molecule has 0 unspecified atom stereocenters. The number of hydrogen-bond donors (Lipinski definition) is 2. The summed E-state index contributed by atoms with van der Waals surface area (Å²) in [5.74, 6) is 1.78. The zero-order valence-electron chi connectivity index (χ0n) is 16.3. The number of nitrogens with zero attached hydrogens (tertiary/aromatic N) is 4. The van der Waals surface area contributed by atoms with Crippen LogP contribution in [0.15, 0.2) is 30.3 Å². The van der Waals surface area contributed by atoms with Crippen LogP contribution in [0.25, 0.3) is 11.0 Å². The van der Waals surface area contributed by atoms with Gasteiger partial charge in [0, 0.05) is 38.3 Å². The highest BCUT2D eigenvalue weighted by atomic mass is 15.2. The van der Waals surface area contributed by atoms with Gasteiger partial charge in [-0.25, -0.2) is 4.98 Å². The molecular weight excluding hydrogens is 348 g/mol. The molecule has 4 heterocycles. The number of rotatable bonds is 3. The molecule has 0 bridgehead atoms. The highest BCUT2D eigenvalue weighted by Crippen LogP contribution is 2.36. The van der Waals surface area contributed by atoms with Gasteiger partial charge in [-0.3, -0.25) is 10.00 Å². The fraction of sp³-hybridized carbons (Fsp3) is 0.455. The number of aromatic amines is 1. The molecule has 6 nitrogen and oxygen atoms in total. The summed E-state index contributed by atoms with van der Waals surface area (Å²) in [4.78, 5) is 10.0. The lowest BCUT2D eigenvalue weighted by atomic mass is 9.96. The van der Waals surface area contributed by atoms with Gasteiger partial charge in [-0.1, -0.05) is 43.2 Å². The van der Waals surface area contributed by atoms with Gasteiger partial charge in [0.1, 0.15) is 11.6 Å². The van der Waals surface area contributed by atoms with Crippen molar-refractivity contribution in [1.82, 2.24) is 20.1 Å². The van der Waals surface area contributed by atoms with Crippen LogP contribution in [0.3, 0.4) is 0 Å². The van der Waals surface area contributed by atoms with E-state index in [4.69, 9.17) is 10.7 Å². The molecule has 0 atom stereocenters. The minimum absolute atomic E-state index is 0.651. The Morgan fingerprint density at radius 1 is 0.964 bits per heavy atom. The summed E-state index contributed by atoms with van der Waals surface area (Å²) in [6.45, 7) is 5.10. The number of nitrogens with one attached hydrogen (secondary N) is 1. The van der Waals surface area contributed by atoms with Crippen molar-refractivity contribution in [3.63, 3.8) is 0 Å². The van der Waals surface area contributed by atoms with Gasteiger partial charge in [0.2, 0.25) is 0 Å². The maximum absolute atomic E-state index is 6.23. The topological polar surface area (TPSA) is 74.1 Å². The molecule has 3 aromatic rings. The number of hydrogen-bond acceptors (Lipinski definition) is 5.